The van der Waals surface area contributed by atoms with Crippen molar-refractivity contribution in [1.82, 2.24) is 9.88 Å². The zero-order chi connectivity index (χ0) is 15.9. The molecule has 1 atom stereocenters. The zero-order valence-corrected chi connectivity index (χ0v) is 12.9. The first-order chi connectivity index (χ1) is 11.3. The fraction of sp³-hybridized carbons (Fsp3) is 0.333. The van der Waals surface area contributed by atoms with E-state index in [1.807, 2.05) is 30.3 Å². The van der Waals surface area contributed by atoms with Crippen LogP contribution in [0.4, 0.5) is 4.79 Å². The molecule has 1 unspecified atom stereocenters. The number of benzene rings is 1. The zero-order valence-electron chi connectivity index (χ0n) is 12.9. The summed E-state index contributed by atoms with van der Waals surface area (Å²) < 4.78 is 11.2. The average Bonchev–Trinajstić information content (AvgIpc) is 2.62. The van der Waals surface area contributed by atoms with Crippen LogP contribution in [0.25, 0.3) is 0 Å². The Morgan fingerprint density at radius 1 is 1.13 bits per heavy atom. The van der Waals surface area contributed by atoms with E-state index < -0.39 is 0 Å². The highest BCUT2D eigenvalue weighted by Crippen LogP contribution is 2.20. The van der Waals surface area contributed by atoms with Gasteiger partial charge >= 0.3 is 6.09 Å². The van der Waals surface area contributed by atoms with Gasteiger partial charge in [0, 0.05) is 12.7 Å². The van der Waals surface area contributed by atoms with Gasteiger partial charge in [-0.25, -0.2) is 4.79 Å². The molecule has 2 aromatic rings. The molecular weight excluding hydrogens is 292 g/mol. The smallest absolute Gasteiger partial charge is 0.415 e. The Balaban J connectivity index is 1.60. The minimum atomic E-state index is -0.310. The highest BCUT2D eigenvalue weighted by atomic mass is 16.6. The van der Waals surface area contributed by atoms with E-state index in [1.54, 1.807) is 29.4 Å². The van der Waals surface area contributed by atoms with Crippen LogP contribution < -0.4 is 9.47 Å². The molecule has 0 bridgehead atoms. The fourth-order valence-corrected chi connectivity index (χ4v) is 2.69. The third kappa shape index (κ3) is 4.22. The maximum atomic E-state index is 12.4. The second-order valence-corrected chi connectivity index (χ2v) is 5.52. The molecule has 3 rings (SSSR count). The summed E-state index contributed by atoms with van der Waals surface area (Å²) in [6.45, 7) is 1.16. The van der Waals surface area contributed by atoms with Crippen LogP contribution in [0.3, 0.4) is 0 Å². The van der Waals surface area contributed by atoms with Gasteiger partial charge < -0.3 is 14.4 Å². The highest BCUT2D eigenvalue weighted by molar-refractivity contribution is 5.71. The highest BCUT2D eigenvalue weighted by Gasteiger charge is 2.28. The van der Waals surface area contributed by atoms with Crippen LogP contribution in [0.1, 0.15) is 19.3 Å². The first-order valence-corrected chi connectivity index (χ1v) is 7.89. The normalized spacial score (nSPS) is 17.6. The van der Waals surface area contributed by atoms with Gasteiger partial charge in [0.15, 0.2) is 0 Å². The molecular formula is C18H20N2O3. The molecule has 1 aromatic carbocycles. The van der Waals surface area contributed by atoms with Crippen molar-refractivity contribution in [3.63, 3.8) is 0 Å². The first kappa shape index (κ1) is 15.3. The molecule has 0 aliphatic carbocycles. The third-order valence-corrected chi connectivity index (χ3v) is 3.89. The molecule has 120 valence electrons. The Morgan fingerprint density at radius 3 is 2.74 bits per heavy atom. The number of pyridine rings is 1. The predicted molar refractivity (Wildman–Crippen MR) is 86.5 cm³/mol. The van der Waals surface area contributed by atoms with Gasteiger partial charge in [-0.15, -0.1) is 0 Å². The van der Waals surface area contributed by atoms with Crippen LogP contribution in [-0.2, 0) is 0 Å². The molecule has 0 N–H and O–H groups in total. The Bertz CT molecular complexity index is 619. The van der Waals surface area contributed by atoms with Gasteiger partial charge in [0.2, 0.25) is 0 Å². The van der Waals surface area contributed by atoms with E-state index in [4.69, 9.17) is 9.47 Å². The quantitative estimate of drug-likeness (QED) is 0.867. The largest absolute Gasteiger partial charge is 0.490 e. The van der Waals surface area contributed by atoms with Crippen molar-refractivity contribution in [2.24, 2.45) is 0 Å². The lowest BCUT2D eigenvalue weighted by atomic mass is 10.0. The topological polar surface area (TPSA) is 51.7 Å². The van der Waals surface area contributed by atoms with E-state index in [0.29, 0.717) is 18.9 Å². The van der Waals surface area contributed by atoms with Crippen LogP contribution in [0.15, 0.2) is 54.9 Å². The van der Waals surface area contributed by atoms with E-state index in [2.05, 4.69) is 4.98 Å². The number of likely N-dealkylation sites (tertiary alicyclic amines) is 1. The third-order valence-electron chi connectivity index (χ3n) is 3.89. The lowest BCUT2D eigenvalue weighted by Crippen LogP contribution is -2.47. The molecule has 0 saturated carbocycles. The van der Waals surface area contributed by atoms with Crippen LogP contribution >= 0.6 is 0 Å². The molecule has 1 amide bonds. The number of rotatable bonds is 4. The molecule has 23 heavy (non-hydrogen) atoms. The second kappa shape index (κ2) is 7.63. The molecule has 1 aliphatic rings. The van der Waals surface area contributed by atoms with Crippen molar-refractivity contribution in [2.45, 2.75) is 25.3 Å². The summed E-state index contributed by atoms with van der Waals surface area (Å²) in [5.74, 6) is 1.28. The Morgan fingerprint density at radius 2 is 1.96 bits per heavy atom. The number of nitrogens with zero attached hydrogens (tertiary/aromatic N) is 2. The van der Waals surface area contributed by atoms with E-state index in [9.17, 15) is 4.79 Å². The molecule has 1 saturated heterocycles. The SMILES string of the molecule is O=C(Oc1ccccc1)N1CCCCC1COc1cccnc1. The van der Waals surface area contributed by atoms with Gasteiger partial charge in [-0.3, -0.25) is 4.98 Å². The molecule has 0 radical (unpaired) electrons. The predicted octanol–water partition coefficient (Wildman–Crippen LogP) is 3.51. The summed E-state index contributed by atoms with van der Waals surface area (Å²) in [7, 11) is 0. The van der Waals surface area contributed by atoms with Gasteiger partial charge in [-0.2, -0.15) is 0 Å². The van der Waals surface area contributed by atoms with E-state index in [0.717, 1.165) is 25.0 Å². The van der Waals surface area contributed by atoms with Gasteiger partial charge in [0.05, 0.1) is 12.2 Å². The minimum absolute atomic E-state index is 0.0279. The summed E-state index contributed by atoms with van der Waals surface area (Å²) in [6.07, 6.45) is 6.08. The van der Waals surface area contributed by atoms with E-state index in [1.165, 1.54) is 0 Å². The lowest BCUT2D eigenvalue weighted by molar-refractivity contribution is 0.0885. The number of amides is 1. The Labute approximate surface area is 135 Å². The summed E-state index contributed by atoms with van der Waals surface area (Å²) >= 11 is 0. The summed E-state index contributed by atoms with van der Waals surface area (Å²) in [5, 5.41) is 0. The second-order valence-electron chi connectivity index (χ2n) is 5.52. The Hall–Kier alpha value is -2.56. The number of aromatic nitrogens is 1. The molecule has 5 heteroatoms. The van der Waals surface area contributed by atoms with Crippen molar-refractivity contribution < 1.29 is 14.3 Å². The van der Waals surface area contributed by atoms with Gasteiger partial charge in [-0.1, -0.05) is 18.2 Å². The molecule has 1 fully saturated rings. The summed E-state index contributed by atoms with van der Waals surface area (Å²) in [5.41, 5.74) is 0. The molecule has 2 heterocycles. The first-order valence-electron chi connectivity index (χ1n) is 7.89. The van der Waals surface area contributed by atoms with Crippen LogP contribution in [-0.4, -0.2) is 35.2 Å². The van der Waals surface area contributed by atoms with Crippen LogP contribution in [0.5, 0.6) is 11.5 Å². The lowest BCUT2D eigenvalue weighted by Gasteiger charge is -2.34. The van der Waals surface area contributed by atoms with E-state index >= 15 is 0 Å². The molecule has 1 aliphatic heterocycles. The molecule has 0 spiro atoms. The summed E-state index contributed by atoms with van der Waals surface area (Å²) in [4.78, 5) is 18.2. The van der Waals surface area contributed by atoms with Gasteiger partial charge in [0.1, 0.15) is 18.1 Å². The number of carbonyl (C=O) groups excluding carboxylic acids is 1. The monoisotopic (exact) mass is 312 g/mol. The van der Waals surface area contributed by atoms with Gasteiger partial charge in [-0.05, 0) is 43.5 Å². The number of carbonyl (C=O) groups is 1. The maximum Gasteiger partial charge on any atom is 0.415 e. The van der Waals surface area contributed by atoms with Crippen molar-refractivity contribution in [3.05, 3.63) is 54.9 Å². The van der Waals surface area contributed by atoms with Crippen molar-refractivity contribution in [1.29, 1.82) is 0 Å². The van der Waals surface area contributed by atoms with Crippen molar-refractivity contribution in [2.75, 3.05) is 13.2 Å². The number of para-hydroxylation sites is 1. The van der Waals surface area contributed by atoms with Gasteiger partial charge in [0.25, 0.3) is 0 Å². The van der Waals surface area contributed by atoms with Crippen molar-refractivity contribution >= 4 is 6.09 Å². The standard InChI is InChI=1S/C18H20N2O3/c21-18(23-16-8-2-1-3-9-16)20-12-5-4-7-15(20)14-22-17-10-6-11-19-13-17/h1-3,6,8-11,13,15H,4-5,7,12,14H2. The fourth-order valence-electron chi connectivity index (χ4n) is 2.69. The number of hydrogen-bond donors (Lipinski definition) is 0. The van der Waals surface area contributed by atoms with Crippen LogP contribution in [0, 0.1) is 0 Å². The summed E-state index contributed by atoms with van der Waals surface area (Å²) in [6, 6.07) is 12.9. The Kier molecular flexibility index (Phi) is 5.09. The number of piperidine rings is 1. The van der Waals surface area contributed by atoms with Crippen LogP contribution in [0.2, 0.25) is 0 Å². The number of ether oxygens (including phenoxy) is 2. The minimum Gasteiger partial charge on any atom is -0.490 e. The molecule has 5 nitrogen and oxygen atoms in total. The average molecular weight is 312 g/mol. The maximum absolute atomic E-state index is 12.4. The van der Waals surface area contributed by atoms with E-state index in [-0.39, 0.29) is 12.1 Å². The molecule has 1 aromatic heterocycles. The van der Waals surface area contributed by atoms with Crippen molar-refractivity contribution in [3.8, 4) is 11.5 Å². The number of hydrogen-bond acceptors (Lipinski definition) is 4.